The van der Waals surface area contributed by atoms with Gasteiger partial charge >= 0.3 is 0 Å². The first-order valence-electron chi connectivity index (χ1n) is 8.05. The molecule has 1 aromatic carbocycles. The molecule has 0 radical (unpaired) electrons. The first-order valence-corrected chi connectivity index (χ1v) is 8.87. The van der Waals surface area contributed by atoms with Gasteiger partial charge in [0.05, 0.1) is 20.2 Å². The van der Waals surface area contributed by atoms with Crippen molar-refractivity contribution in [2.45, 2.75) is 20.4 Å². The lowest BCUT2D eigenvalue weighted by Gasteiger charge is -2.12. The Morgan fingerprint density at radius 2 is 1.96 bits per heavy atom. The number of aliphatic imine (C=N–C) groups is 1. The van der Waals surface area contributed by atoms with Crippen LogP contribution < -0.4 is 20.1 Å². The molecular formula is C18H26IN3O2S. The molecule has 7 heteroatoms. The Hall–Kier alpha value is -1.48. The van der Waals surface area contributed by atoms with Crippen LogP contribution in [0.2, 0.25) is 0 Å². The van der Waals surface area contributed by atoms with Crippen LogP contribution >= 0.6 is 35.3 Å². The van der Waals surface area contributed by atoms with Crippen LogP contribution in [0.5, 0.6) is 11.5 Å². The predicted octanol–water partition coefficient (Wildman–Crippen LogP) is 3.82. The molecule has 0 aliphatic carbocycles. The summed E-state index contributed by atoms with van der Waals surface area (Å²) in [4.78, 5) is 7.17. The van der Waals surface area contributed by atoms with Gasteiger partial charge in [-0.3, -0.25) is 0 Å². The summed E-state index contributed by atoms with van der Waals surface area (Å²) in [5.74, 6) is 2.39. The Labute approximate surface area is 170 Å². The average Bonchev–Trinajstić information content (AvgIpc) is 3.02. The van der Waals surface area contributed by atoms with Crippen LogP contribution in [-0.2, 0) is 6.54 Å². The second-order valence-corrected chi connectivity index (χ2v) is 6.53. The van der Waals surface area contributed by atoms with Crippen molar-refractivity contribution in [3.63, 3.8) is 0 Å². The van der Waals surface area contributed by atoms with Crippen molar-refractivity contribution in [3.05, 3.63) is 46.2 Å². The highest BCUT2D eigenvalue weighted by Gasteiger charge is 2.00. The lowest BCUT2D eigenvalue weighted by molar-refractivity contribution is 0.319. The molecule has 25 heavy (non-hydrogen) atoms. The fourth-order valence-electron chi connectivity index (χ4n) is 2.10. The third kappa shape index (κ3) is 7.96. The third-order valence-corrected chi connectivity index (χ3v) is 4.22. The number of halogens is 1. The molecule has 0 atom stereocenters. The largest absolute Gasteiger partial charge is 0.497 e. The van der Waals surface area contributed by atoms with Gasteiger partial charge in [0, 0.05) is 22.4 Å². The highest BCUT2D eigenvalue weighted by atomic mass is 127. The molecule has 1 aromatic heterocycles. The predicted molar refractivity (Wildman–Crippen MR) is 116 cm³/mol. The Bertz CT molecular complexity index is 661. The van der Waals surface area contributed by atoms with E-state index in [1.807, 2.05) is 24.3 Å². The van der Waals surface area contributed by atoms with Gasteiger partial charge in [0.15, 0.2) is 5.96 Å². The third-order valence-electron chi connectivity index (χ3n) is 3.24. The minimum Gasteiger partial charge on any atom is -0.497 e. The summed E-state index contributed by atoms with van der Waals surface area (Å²) in [6.07, 6.45) is 0. The number of hydrogen-bond donors (Lipinski definition) is 2. The fourth-order valence-corrected chi connectivity index (χ4v) is 2.91. The summed E-state index contributed by atoms with van der Waals surface area (Å²) in [7, 11) is 1.65. The summed E-state index contributed by atoms with van der Waals surface area (Å²) >= 11 is 1.78. The van der Waals surface area contributed by atoms with E-state index in [9.17, 15) is 0 Å². The van der Waals surface area contributed by atoms with Crippen LogP contribution in [-0.4, -0.2) is 32.8 Å². The second-order valence-electron chi connectivity index (χ2n) is 5.16. The van der Waals surface area contributed by atoms with Crippen molar-refractivity contribution in [2.24, 2.45) is 4.99 Å². The summed E-state index contributed by atoms with van der Waals surface area (Å²) in [5, 5.41) is 6.53. The number of benzene rings is 1. The zero-order valence-electron chi connectivity index (χ0n) is 14.9. The highest BCUT2D eigenvalue weighted by molar-refractivity contribution is 14.0. The van der Waals surface area contributed by atoms with E-state index < -0.39 is 0 Å². The van der Waals surface area contributed by atoms with E-state index in [4.69, 9.17) is 9.47 Å². The van der Waals surface area contributed by atoms with E-state index in [1.54, 1.807) is 18.4 Å². The molecule has 5 nitrogen and oxygen atoms in total. The molecule has 2 N–H and O–H groups in total. The Balaban J connectivity index is 0.00000312. The SMILES string of the molecule is CCNC(=NCc1ccc(C)s1)NCCOc1cccc(OC)c1.I. The van der Waals surface area contributed by atoms with Crippen molar-refractivity contribution in [2.75, 3.05) is 26.8 Å². The number of nitrogens with one attached hydrogen (secondary N) is 2. The minimum absolute atomic E-state index is 0. The molecule has 0 unspecified atom stereocenters. The first kappa shape index (κ1) is 21.6. The van der Waals surface area contributed by atoms with Gasteiger partial charge in [-0.1, -0.05) is 6.07 Å². The van der Waals surface area contributed by atoms with Crippen molar-refractivity contribution >= 4 is 41.3 Å². The smallest absolute Gasteiger partial charge is 0.191 e. The summed E-state index contributed by atoms with van der Waals surface area (Å²) in [6.45, 7) is 6.90. The van der Waals surface area contributed by atoms with Gasteiger partial charge in [-0.2, -0.15) is 0 Å². The van der Waals surface area contributed by atoms with E-state index in [-0.39, 0.29) is 24.0 Å². The van der Waals surface area contributed by atoms with E-state index in [1.165, 1.54) is 9.75 Å². The second kappa shape index (κ2) is 12.0. The van der Waals surface area contributed by atoms with Crippen LogP contribution in [0.4, 0.5) is 0 Å². The molecule has 2 rings (SSSR count). The Morgan fingerprint density at radius 1 is 1.16 bits per heavy atom. The van der Waals surface area contributed by atoms with Crippen LogP contribution in [0, 0.1) is 6.92 Å². The number of rotatable bonds is 8. The molecule has 2 aromatic rings. The first-order chi connectivity index (χ1) is 11.7. The maximum Gasteiger partial charge on any atom is 0.191 e. The molecule has 138 valence electrons. The van der Waals surface area contributed by atoms with Crippen LogP contribution in [0.25, 0.3) is 0 Å². The van der Waals surface area contributed by atoms with Crippen molar-refractivity contribution in [3.8, 4) is 11.5 Å². The maximum absolute atomic E-state index is 5.72. The number of thiophene rings is 1. The highest BCUT2D eigenvalue weighted by Crippen LogP contribution is 2.18. The molecular weight excluding hydrogens is 449 g/mol. The van der Waals surface area contributed by atoms with Gasteiger partial charge < -0.3 is 20.1 Å². The van der Waals surface area contributed by atoms with Crippen LogP contribution in [0.3, 0.4) is 0 Å². The molecule has 0 amide bonds. The van der Waals surface area contributed by atoms with E-state index >= 15 is 0 Å². The van der Waals surface area contributed by atoms with Crippen molar-refractivity contribution in [1.82, 2.24) is 10.6 Å². The van der Waals surface area contributed by atoms with Crippen LogP contribution in [0.1, 0.15) is 16.7 Å². The van der Waals surface area contributed by atoms with Crippen molar-refractivity contribution in [1.29, 1.82) is 0 Å². The standard InChI is InChI=1S/C18H25N3O2S.HI/c1-4-19-18(21-13-17-9-8-14(2)24-17)20-10-11-23-16-7-5-6-15(12-16)22-3;/h5-9,12H,4,10-11,13H2,1-3H3,(H2,19,20,21);1H. The minimum atomic E-state index is 0. The quantitative estimate of drug-likeness (QED) is 0.264. The van der Waals surface area contributed by atoms with Gasteiger partial charge in [-0.25, -0.2) is 4.99 Å². The normalized spacial score (nSPS) is 10.8. The number of methoxy groups -OCH3 is 1. The van der Waals surface area contributed by atoms with Crippen molar-refractivity contribution < 1.29 is 9.47 Å². The fraction of sp³-hybridized carbons (Fsp3) is 0.389. The molecule has 0 aliphatic rings. The summed E-state index contributed by atoms with van der Waals surface area (Å²) < 4.78 is 10.9. The summed E-state index contributed by atoms with van der Waals surface area (Å²) in [6, 6.07) is 11.8. The topological polar surface area (TPSA) is 54.9 Å². The van der Waals surface area contributed by atoms with Crippen LogP contribution in [0.15, 0.2) is 41.4 Å². The molecule has 0 fully saturated rings. The monoisotopic (exact) mass is 475 g/mol. The zero-order chi connectivity index (χ0) is 17.2. The molecule has 0 bridgehead atoms. The van der Waals surface area contributed by atoms with Gasteiger partial charge in [0.2, 0.25) is 0 Å². The van der Waals surface area contributed by atoms with Gasteiger partial charge in [0.25, 0.3) is 0 Å². The zero-order valence-corrected chi connectivity index (χ0v) is 18.0. The van der Waals surface area contributed by atoms with E-state index in [0.717, 1.165) is 24.0 Å². The summed E-state index contributed by atoms with van der Waals surface area (Å²) in [5.41, 5.74) is 0. The van der Waals surface area contributed by atoms with Gasteiger partial charge in [0.1, 0.15) is 18.1 Å². The molecule has 1 heterocycles. The Morgan fingerprint density at radius 3 is 2.64 bits per heavy atom. The number of aryl methyl sites for hydroxylation is 1. The van der Waals surface area contributed by atoms with E-state index in [0.29, 0.717) is 19.7 Å². The van der Waals surface area contributed by atoms with Gasteiger partial charge in [-0.05, 0) is 38.1 Å². The van der Waals surface area contributed by atoms with E-state index in [2.05, 4.69) is 41.6 Å². The maximum atomic E-state index is 5.72. The number of ether oxygens (including phenoxy) is 2. The molecule has 0 saturated carbocycles. The number of nitrogens with zero attached hydrogens (tertiary/aromatic N) is 1. The molecule has 0 spiro atoms. The molecule has 0 saturated heterocycles. The Kier molecular flexibility index (Phi) is 10.3. The molecule has 0 aliphatic heterocycles. The van der Waals surface area contributed by atoms with Gasteiger partial charge in [-0.15, -0.1) is 35.3 Å². The number of guanidine groups is 1. The average molecular weight is 475 g/mol. The lowest BCUT2D eigenvalue weighted by atomic mass is 10.3. The lowest BCUT2D eigenvalue weighted by Crippen LogP contribution is -2.39. The number of hydrogen-bond acceptors (Lipinski definition) is 4.